The maximum Gasteiger partial charge on any atom is 0.246 e. The Morgan fingerprint density at radius 1 is 1.75 bits per heavy atom. The molecule has 0 saturated heterocycles. The molecule has 1 fully saturated rings. The van der Waals surface area contributed by atoms with Crippen molar-refractivity contribution in [3.63, 3.8) is 0 Å². The first kappa shape index (κ1) is 7.54. The fraction of sp³-hybridized carbons (Fsp3) is 0.714. The van der Waals surface area contributed by atoms with E-state index in [1.807, 2.05) is 0 Å². The fourth-order valence-electron chi connectivity index (χ4n) is 1.05. The highest BCUT2D eigenvalue weighted by molar-refractivity contribution is 5.03. The topological polar surface area (TPSA) is 65.0 Å². The highest BCUT2D eigenvalue weighted by atomic mass is 16.6. The summed E-state index contributed by atoms with van der Waals surface area (Å²) in [6.07, 6.45) is 2.42. The van der Waals surface area contributed by atoms with E-state index in [1.54, 1.807) is 7.05 Å². The van der Waals surface area contributed by atoms with Crippen LogP contribution in [0.15, 0.2) is 4.52 Å². The molecule has 12 heavy (non-hydrogen) atoms. The molecule has 2 rings (SSSR count). The number of rotatable bonds is 3. The van der Waals surface area contributed by atoms with Gasteiger partial charge in [0.05, 0.1) is 11.8 Å². The van der Waals surface area contributed by atoms with Crippen molar-refractivity contribution in [2.45, 2.75) is 25.4 Å². The lowest BCUT2D eigenvalue weighted by Gasteiger charge is -1.97. The molecule has 1 aromatic rings. The van der Waals surface area contributed by atoms with Crippen LogP contribution in [-0.4, -0.2) is 11.3 Å². The van der Waals surface area contributed by atoms with E-state index >= 15 is 0 Å². The van der Waals surface area contributed by atoms with Crippen LogP contribution in [0.1, 0.15) is 18.5 Å². The van der Waals surface area contributed by atoms with Crippen molar-refractivity contribution in [3.05, 3.63) is 5.69 Å². The van der Waals surface area contributed by atoms with Crippen molar-refractivity contribution in [1.82, 2.24) is 10.6 Å². The Morgan fingerprint density at radius 3 is 3.00 bits per heavy atom. The Morgan fingerprint density at radius 2 is 2.50 bits per heavy atom. The van der Waals surface area contributed by atoms with Gasteiger partial charge >= 0.3 is 0 Å². The zero-order valence-corrected chi connectivity index (χ0v) is 6.91. The average molecular weight is 169 g/mol. The Labute approximate surface area is 70.0 Å². The summed E-state index contributed by atoms with van der Waals surface area (Å²) in [6, 6.07) is 0.597. The van der Waals surface area contributed by atoms with Gasteiger partial charge in [-0.05, 0) is 12.8 Å². The lowest BCUT2D eigenvalue weighted by Crippen LogP contribution is -2.37. The molecule has 0 unspecified atom stereocenters. The third kappa shape index (κ3) is 1.40. The van der Waals surface area contributed by atoms with Crippen LogP contribution in [0.3, 0.4) is 0 Å². The summed E-state index contributed by atoms with van der Waals surface area (Å²) in [5.41, 5.74) is 0.585. The summed E-state index contributed by atoms with van der Waals surface area (Å²) in [7, 11) is 1.70. The molecule has 0 aromatic carbocycles. The number of aryl methyl sites for hydroxylation is 1. The second kappa shape index (κ2) is 2.75. The second-order valence-electron chi connectivity index (χ2n) is 3.09. The van der Waals surface area contributed by atoms with Gasteiger partial charge in [-0.3, -0.25) is 0 Å². The average Bonchev–Trinajstić information content (AvgIpc) is 2.80. The Bertz CT molecular complexity index is 261. The smallest absolute Gasteiger partial charge is 0.246 e. The van der Waals surface area contributed by atoms with Gasteiger partial charge in [-0.15, -0.1) is 0 Å². The summed E-state index contributed by atoms with van der Waals surface area (Å²) < 4.78 is 5.94. The van der Waals surface area contributed by atoms with E-state index < -0.39 is 0 Å². The van der Waals surface area contributed by atoms with Gasteiger partial charge in [-0.1, -0.05) is 4.68 Å². The van der Waals surface area contributed by atoms with Crippen LogP contribution in [0.25, 0.3) is 0 Å². The van der Waals surface area contributed by atoms with Gasteiger partial charge < -0.3 is 14.9 Å². The summed E-state index contributed by atoms with van der Waals surface area (Å²) >= 11 is 0. The molecule has 1 N–H and O–H groups in total. The van der Waals surface area contributed by atoms with Crippen LogP contribution in [0.5, 0.6) is 5.95 Å². The van der Waals surface area contributed by atoms with Gasteiger partial charge in [-0.25, -0.2) is 0 Å². The maximum atomic E-state index is 11.0. The summed E-state index contributed by atoms with van der Waals surface area (Å²) in [5.74, 6) is -0.342. The normalized spacial score (nSPS) is 16.8. The Kier molecular flexibility index (Phi) is 1.73. The molecule has 0 radical (unpaired) electrons. The van der Waals surface area contributed by atoms with E-state index in [4.69, 9.17) is 0 Å². The molecule has 0 bridgehead atoms. The lowest BCUT2D eigenvalue weighted by molar-refractivity contribution is -0.746. The van der Waals surface area contributed by atoms with Gasteiger partial charge in [0.1, 0.15) is 0 Å². The van der Waals surface area contributed by atoms with Crippen LogP contribution >= 0.6 is 0 Å². The summed E-state index contributed by atoms with van der Waals surface area (Å²) in [6.45, 7) is 0.559. The van der Waals surface area contributed by atoms with E-state index in [-0.39, 0.29) is 5.95 Å². The maximum absolute atomic E-state index is 11.0. The highest BCUT2D eigenvalue weighted by Crippen LogP contribution is 2.19. The van der Waals surface area contributed by atoms with Crippen molar-refractivity contribution in [1.29, 1.82) is 0 Å². The first-order chi connectivity index (χ1) is 5.77. The Hall–Kier alpha value is -1.10. The van der Waals surface area contributed by atoms with E-state index in [0.29, 0.717) is 18.3 Å². The monoisotopic (exact) mass is 169 g/mol. The molecule has 5 nitrogen and oxygen atoms in total. The SMILES string of the molecule is C[n+]1noc([O-])c1CNC1CC1. The van der Waals surface area contributed by atoms with Crippen LogP contribution in [0.4, 0.5) is 0 Å². The Balaban J connectivity index is 1.99. The zero-order chi connectivity index (χ0) is 8.55. The number of nitrogens with zero attached hydrogens (tertiary/aromatic N) is 2. The van der Waals surface area contributed by atoms with Crippen molar-refractivity contribution in [3.8, 4) is 5.95 Å². The third-order valence-corrected chi connectivity index (χ3v) is 2.01. The van der Waals surface area contributed by atoms with Gasteiger partial charge in [0.25, 0.3) is 0 Å². The second-order valence-corrected chi connectivity index (χ2v) is 3.09. The van der Waals surface area contributed by atoms with Crippen LogP contribution in [-0.2, 0) is 13.6 Å². The standard InChI is InChI=1S/C7H11N3O2/c1-10-6(7(11)12-9-10)4-8-5-2-3-5/h5,8H,2-4H2,1H3. The first-order valence-electron chi connectivity index (χ1n) is 4.02. The van der Waals surface area contributed by atoms with E-state index in [1.165, 1.54) is 17.5 Å². The van der Waals surface area contributed by atoms with Crippen LogP contribution in [0, 0.1) is 0 Å². The van der Waals surface area contributed by atoms with Crippen molar-refractivity contribution < 1.29 is 14.3 Å². The molecule has 1 saturated carbocycles. The van der Waals surface area contributed by atoms with Gasteiger partial charge in [0.15, 0.2) is 13.0 Å². The van der Waals surface area contributed by atoms with E-state index in [9.17, 15) is 5.11 Å². The number of hydrogen-bond acceptors (Lipinski definition) is 4. The fourth-order valence-corrected chi connectivity index (χ4v) is 1.05. The van der Waals surface area contributed by atoms with E-state index in [2.05, 4.69) is 15.1 Å². The molecule has 0 aliphatic heterocycles. The highest BCUT2D eigenvalue weighted by Gasteiger charge is 2.22. The molecular formula is C7H11N3O2. The lowest BCUT2D eigenvalue weighted by atomic mass is 10.4. The van der Waals surface area contributed by atoms with E-state index in [0.717, 1.165) is 0 Å². The van der Waals surface area contributed by atoms with Gasteiger partial charge in [-0.2, -0.15) is 0 Å². The van der Waals surface area contributed by atoms with Crippen LogP contribution < -0.4 is 15.1 Å². The molecule has 0 amide bonds. The molecule has 0 atom stereocenters. The van der Waals surface area contributed by atoms with Crippen molar-refractivity contribution >= 4 is 0 Å². The minimum Gasteiger partial charge on any atom is -0.539 e. The quantitative estimate of drug-likeness (QED) is 0.579. The molecule has 1 aliphatic carbocycles. The molecule has 0 spiro atoms. The molecular weight excluding hydrogens is 158 g/mol. The minimum absolute atomic E-state index is 0.342. The zero-order valence-electron chi connectivity index (χ0n) is 6.91. The minimum atomic E-state index is -0.342. The molecule has 5 heteroatoms. The molecule has 1 aliphatic rings. The third-order valence-electron chi connectivity index (χ3n) is 2.01. The number of nitrogens with one attached hydrogen (secondary N) is 1. The summed E-state index contributed by atoms with van der Waals surface area (Å²) in [5, 5.41) is 17.7. The molecule has 1 heterocycles. The first-order valence-corrected chi connectivity index (χ1v) is 4.02. The van der Waals surface area contributed by atoms with Crippen LogP contribution in [0.2, 0.25) is 0 Å². The van der Waals surface area contributed by atoms with Gasteiger partial charge in [0, 0.05) is 6.04 Å². The predicted molar refractivity (Wildman–Crippen MR) is 37.0 cm³/mol. The van der Waals surface area contributed by atoms with Crippen molar-refractivity contribution in [2.24, 2.45) is 7.05 Å². The largest absolute Gasteiger partial charge is 0.539 e. The summed E-state index contributed by atoms with van der Waals surface area (Å²) in [4.78, 5) is 0. The molecule has 66 valence electrons. The predicted octanol–water partition coefficient (Wildman–Crippen LogP) is -1.18. The number of aromatic nitrogens is 2. The molecule has 1 aromatic heterocycles. The number of hydrogen-bond donors (Lipinski definition) is 1. The van der Waals surface area contributed by atoms with Gasteiger partial charge in [0.2, 0.25) is 5.69 Å². The van der Waals surface area contributed by atoms with Crippen molar-refractivity contribution in [2.75, 3.05) is 0 Å².